The zero-order chi connectivity index (χ0) is 26.5. The Bertz CT molecular complexity index is 1160. The Kier molecular flexibility index (Phi) is 8.47. The van der Waals surface area contributed by atoms with Crippen molar-refractivity contribution < 1.29 is 32.2 Å². The van der Waals surface area contributed by atoms with Gasteiger partial charge in [-0.1, -0.05) is 12.1 Å². The van der Waals surface area contributed by atoms with E-state index in [0.717, 1.165) is 9.87 Å². The molecule has 3 rings (SSSR count). The second kappa shape index (κ2) is 11.2. The number of piperazine rings is 1. The molecule has 1 aliphatic rings. The molecule has 1 unspecified atom stereocenters. The summed E-state index contributed by atoms with van der Waals surface area (Å²) in [6.45, 7) is 5.30. The first-order valence-corrected chi connectivity index (χ1v) is 12.9. The fraction of sp³-hybridized carbons (Fsp3) is 0.440. The maximum Gasteiger partial charge on any atom is 0.410 e. The van der Waals surface area contributed by atoms with Gasteiger partial charge in [-0.3, -0.25) is 4.79 Å². The lowest BCUT2D eigenvalue weighted by Crippen LogP contribution is -2.61. The van der Waals surface area contributed by atoms with Crippen LogP contribution in [0.4, 0.5) is 4.79 Å². The van der Waals surface area contributed by atoms with Gasteiger partial charge >= 0.3 is 6.09 Å². The summed E-state index contributed by atoms with van der Waals surface area (Å²) in [5.41, 5.74) is 0.0868. The summed E-state index contributed by atoms with van der Waals surface area (Å²) >= 11 is 0. The van der Waals surface area contributed by atoms with E-state index < -0.39 is 33.7 Å². The van der Waals surface area contributed by atoms with E-state index in [4.69, 9.17) is 14.2 Å². The summed E-state index contributed by atoms with van der Waals surface area (Å²) in [7, 11) is -0.983. The lowest BCUT2D eigenvalue weighted by atomic mass is 10.1. The van der Waals surface area contributed by atoms with Crippen molar-refractivity contribution in [2.45, 2.75) is 43.9 Å². The van der Waals surface area contributed by atoms with Crippen LogP contribution in [0.25, 0.3) is 0 Å². The van der Waals surface area contributed by atoms with Crippen LogP contribution >= 0.6 is 0 Å². The van der Waals surface area contributed by atoms with Crippen molar-refractivity contribution in [2.75, 3.05) is 33.9 Å². The van der Waals surface area contributed by atoms with Crippen molar-refractivity contribution in [3.63, 3.8) is 0 Å². The number of ether oxygens (including phenoxy) is 3. The molecule has 1 heterocycles. The molecule has 196 valence electrons. The van der Waals surface area contributed by atoms with Crippen LogP contribution in [0.3, 0.4) is 0 Å². The first kappa shape index (κ1) is 27.3. The highest BCUT2D eigenvalue weighted by molar-refractivity contribution is 7.89. The molecule has 2 amide bonds. The minimum Gasteiger partial charge on any atom is -0.497 e. The van der Waals surface area contributed by atoms with Crippen LogP contribution in [0.2, 0.25) is 0 Å². The van der Waals surface area contributed by atoms with Crippen LogP contribution in [-0.2, 0) is 26.1 Å². The minimum absolute atomic E-state index is 0.0296. The van der Waals surface area contributed by atoms with Gasteiger partial charge in [0.15, 0.2) is 0 Å². The molecule has 0 bridgehead atoms. The topological polar surface area (TPSA) is 114 Å². The highest BCUT2D eigenvalue weighted by Gasteiger charge is 2.42. The second-order valence-electron chi connectivity index (χ2n) is 9.30. The zero-order valence-electron chi connectivity index (χ0n) is 21.2. The predicted molar refractivity (Wildman–Crippen MR) is 133 cm³/mol. The molecule has 0 spiro atoms. The molecule has 0 radical (unpaired) electrons. The summed E-state index contributed by atoms with van der Waals surface area (Å²) < 4.78 is 43.9. The molecule has 0 saturated carbocycles. The quantitative estimate of drug-likeness (QED) is 0.598. The third kappa shape index (κ3) is 6.67. The van der Waals surface area contributed by atoms with Gasteiger partial charge in [-0.05, 0) is 62.7 Å². The summed E-state index contributed by atoms with van der Waals surface area (Å²) in [5.74, 6) is 0.677. The number of nitrogens with zero attached hydrogens (tertiary/aromatic N) is 2. The molecule has 2 aromatic rings. The number of benzene rings is 2. The third-order valence-corrected chi connectivity index (χ3v) is 7.50. The van der Waals surface area contributed by atoms with Crippen molar-refractivity contribution in [1.29, 1.82) is 0 Å². The predicted octanol–water partition coefficient (Wildman–Crippen LogP) is 2.63. The summed E-state index contributed by atoms with van der Waals surface area (Å²) in [6, 6.07) is 12.0. The van der Waals surface area contributed by atoms with E-state index in [1.807, 2.05) is 0 Å². The van der Waals surface area contributed by atoms with E-state index in [1.54, 1.807) is 64.3 Å². The molecule has 1 saturated heterocycles. The average Bonchev–Trinajstić information content (AvgIpc) is 2.86. The van der Waals surface area contributed by atoms with Gasteiger partial charge < -0.3 is 24.4 Å². The Labute approximate surface area is 212 Å². The Morgan fingerprint density at radius 1 is 0.944 bits per heavy atom. The molecule has 0 aliphatic carbocycles. The van der Waals surface area contributed by atoms with Crippen molar-refractivity contribution >= 4 is 22.0 Å². The zero-order valence-corrected chi connectivity index (χ0v) is 22.0. The molecule has 1 N–H and O–H groups in total. The molecule has 1 fully saturated rings. The molecule has 0 aromatic heterocycles. The first-order chi connectivity index (χ1) is 16.9. The van der Waals surface area contributed by atoms with Crippen LogP contribution in [0.1, 0.15) is 26.3 Å². The summed E-state index contributed by atoms with van der Waals surface area (Å²) in [5, 5.41) is 2.80. The van der Waals surface area contributed by atoms with Gasteiger partial charge in [0.2, 0.25) is 15.9 Å². The molecule has 1 aliphatic heterocycles. The van der Waals surface area contributed by atoms with Gasteiger partial charge in [0.1, 0.15) is 23.1 Å². The fourth-order valence-corrected chi connectivity index (χ4v) is 5.26. The monoisotopic (exact) mass is 519 g/mol. The van der Waals surface area contributed by atoms with Gasteiger partial charge in [-0.2, -0.15) is 4.31 Å². The van der Waals surface area contributed by atoms with Crippen molar-refractivity contribution in [1.82, 2.24) is 14.5 Å². The summed E-state index contributed by atoms with van der Waals surface area (Å²) in [4.78, 5) is 27.4. The Morgan fingerprint density at radius 2 is 1.50 bits per heavy atom. The Morgan fingerprint density at radius 3 is 2.03 bits per heavy atom. The van der Waals surface area contributed by atoms with E-state index in [1.165, 1.54) is 24.1 Å². The van der Waals surface area contributed by atoms with E-state index in [9.17, 15) is 18.0 Å². The number of nitrogens with one attached hydrogen (secondary N) is 1. The first-order valence-electron chi connectivity index (χ1n) is 11.5. The van der Waals surface area contributed by atoms with Crippen molar-refractivity contribution in [3.05, 3.63) is 54.1 Å². The number of hydrogen-bond acceptors (Lipinski definition) is 7. The summed E-state index contributed by atoms with van der Waals surface area (Å²) in [6.07, 6.45) is -0.600. The SMILES string of the molecule is COc1ccc(CNC(=O)C2CN(C(=O)OC(C)(C)C)CCN2S(=O)(=O)c2ccc(OC)cc2)cc1. The number of sulfonamides is 1. The van der Waals surface area contributed by atoms with E-state index in [-0.39, 0.29) is 31.1 Å². The van der Waals surface area contributed by atoms with E-state index in [0.29, 0.717) is 11.5 Å². The minimum atomic E-state index is -4.04. The number of rotatable bonds is 7. The highest BCUT2D eigenvalue weighted by atomic mass is 32.2. The van der Waals surface area contributed by atoms with E-state index in [2.05, 4.69) is 5.32 Å². The van der Waals surface area contributed by atoms with E-state index >= 15 is 0 Å². The third-order valence-electron chi connectivity index (χ3n) is 5.58. The molecule has 10 nitrogen and oxygen atoms in total. The fourth-order valence-electron chi connectivity index (χ4n) is 3.69. The number of carbonyl (C=O) groups is 2. The normalized spacial score (nSPS) is 16.8. The van der Waals surface area contributed by atoms with Gasteiger partial charge in [0, 0.05) is 26.2 Å². The lowest BCUT2D eigenvalue weighted by molar-refractivity contribution is -0.126. The molecular formula is C25H33N3O7S. The molecule has 11 heteroatoms. The smallest absolute Gasteiger partial charge is 0.410 e. The van der Waals surface area contributed by atoms with Gasteiger partial charge in [0.25, 0.3) is 0 Å². The second-order valence-corrected chi connectivity index (χ2v) is 11.2. The standard InChI is InChI=1S/C25H33N3O7S/c1-25(2,3)35-24(30)27-14-15-28(36(31,32)21-12-10-20(34-5)11-13-21)22(17-27)23(29)26-16-18-6-8-19(33-4)9-7-18/h6-13,22H,14-17H2,1-5H3,(H,26,29). The Hall–Kier alpha value is -3.31. The van der Waals surface area contributed by atoms with Crippen LogP contribution in [0.15, 0.2) is 53.4 Å². The van der Waals surface area contributed by atoms with Crippen LogP contribution in [-0.4, -0.2) is 75.1 Å². The van der Waals surface area contributed by atoms with Gasteiger partial charge in [0.05, 0.1) is 19.1 Å². The average molecular weight is 520 g/mol. The van der Waals surface area contributed by atoms with Crippen LogP contribution in [0.5, 0.6) is 11.5 Å². The highest BCUT2D eigenvalue weighted by Crippen LogP contribution is 2.25. The molecule has 1 atom stereocenters. The van der Waals surface area contributed by atoms with Crippen molar-refractivity contribution in [3.8, 4) is 11.5 Å². The number of methoxy groups -OCH3 is 2. The van der Waals surface area contributed by atoms with Crippen LogP contribution < -0.4 is 14.8 Å². The van der Waals surface area contributed by atoms with Crippen molar-refractivity contribution in [2.24, 2.45) is 0 Å². The maximum atomic E-state index is 13.5. The lowest BCUT2D eigenvalue weighted by Gasteiger charge is -2.39. The molecule has 36 heavy (non-hydrogen) atoms. The number of carbonyl (C=O) groups excluding carboxylic acids is 2. The van der Waals surface area contributed by atoms with Gasteiger partial charge in [-0.15, -0.1) is 0 Å². The Balaban J connectivity index is 1.84. The number of amides is 2. The molecule has 2 aromatic carbocycles. The largest absolute Gasteiger partial charge is 0.497 e. The number of hydrogen-bond donors (Lipinski definition) is 1. The van der Waals surface area contributed by atoms with Crippen LogP contribution in [0, 0.1) is 0 Å². The molecular weight excluding hydrogens is 486 g/mol. The van der Waals surface area contributed by atoms with Gasteiger partial charge in [-0.25, -0.2) is 13.2 Å². The maximum absolute atomic E-state index is 13.5.